The molecule has 0 bridgehead atoms. The first-order valence-corrected chi connectivity index (χ1v) is 6.55. The van der Waals surface area contributed by atoms with E-state index in [0.29, 0.717) is 12.1 Å². The van der Waals surface area contributed by atoms with Crippen LogP contribution in [-0.2, 0) is 6.54 Å². The van der Waals surface area contributed by atoms with Crippen LogP contribution in [0.25, 0.3) is 0 Å². The van der Waals surface area contributed by atoms with Crippen molar-refractivity contribution in [1.29, 1.82) is 10.5 Å². The maximum atomic E-state index is 13.2. The summed E-state index contributed by atoms with van der Waals surface area (Å²) in [4.78, 5) is 0. The molecule has 2 aromatic rings. The summed E-state index contributed by atoms with van der Waals surface area (Å²) in [6.07, 6.45) is 0. The smallest absolute Gasteiger partial charge is 0.140 e. The highest BCUT2D eigenvalue weighted by molar-refractivity contribution is 9.10. The molecule has 5 heteroatoms. The molecule has 0 aromatic heterocycles. The Balaban J connectivity index is 2.13. The second-order valence-electron chi connectivity index (χ2n) is 4.09. The van der Waals surface area contributed by atoms with Crippen molar-refractivity contribution in [3.05, 3.63) is 63.4 Å². The van der Waals surface area contributed by atoms with Gasteiger partial charge in [-0.15, -0.1) is 0 Å². The Morgan fingerprint density at radius 1 is 1.10 bits per heavy atom. The Hall–Kier alpha value is -2.37. The second kappa shape index (κ2) is 6.18. The number of nitrogens with zero attached hydrogens (tertiary/aromatic N) is 2. The van der Waals surface area contributed by atoms with Crippen LogP contribution in [0.2, 0.25) is 0 Å². The van der Waals surface area contributed by atoms with E-state index in [0.717, 1.165) is 15.7 Å². The molecule has 0 aliphatic rings. The summed E-state index contributed by atoms with van der Waals surface area (Å²) in [5.74, 6) is -0.518. The molecule has 0 radical (unpaired) electrons. The molecule has 20 heavy (non-hydrogen) atoms. The lowest BCUT2D eigenvalue weighted by molar-refractivity contribution is 0.623. The molecular formula is C15H9BrFN3. The van der Waals surface area contributed by atoms with Crippen LogP contribution < -0.4 is 5.32 Å². The number of anilines is 1. The molecule has 0 unspecified atom stereocenters. The lowest BCUT2D eigenvalue weighted by Gasteiger charge is -2.09. The minimum Gasteiger partial charge on any atom is -0.380 e. The monoisotopic (exact) mass is 329 g/mol. The Bertz CT molecular complexity index is 729. The first kappa shape index (κ1) is 14.0. The van der Waals surface area contributed by atoms with Gasteiger partial charge in [-0.25, -0.2) is 4.39 Å². The fourth-order valence-corrected chi connectivity index (χ4v) is 2.21. The van der Waals surface area contributed by atoms with Crippen LogP contribution >= 0.6 is 15.9 Å². The predicted octanol–water partition coefficient (Wildman–Crippen LogP) is 3.94. The van der Waals surface area contributed by atoms with Crippen molar-refractivity contribution in [2.75, 3.05) is 5.32 Å². The van der Waals surface area contributed by atoms with Gasteiger partial charge in [-0.2, -0.15) is 10.5 Å². The maximum Gasteiger partial charge on any atom is 0.140 e. The predicted molar refractivity (Wildman–Crippen MR) is 77.3 cm³/mol. The van der Waals surface area contributed by atoms with Crippen LogP contribution in [0.3, 0.4) is 0 Å². The Kier molecular flexibility index (Phi) is 4.34. The minimum atomic E-state index is -0.518. The van der Waals surface area contributed by atoms with Gasteiger partial charge in [-0.1, -0.05) is 6.07 Å². The van der Waals surface area contributed by atoms with Crippen molar-refractivity contribution >= 4 is 21.6 Å². The highest BCUT2D eigenvalue weighted by Gasteiger charge is 2.04. The van der Waals surface area contributed by atoms with Crippen LogP contribution in [0, 0.1) is 28.5 Å². The van der Waals surface area contributed by atoms with Gasteiger partial charge >= 0.3 is 0 Å². The van der Waals surface area contributed by atoms with E-state index in [2.05, 4.69) is 27.3 Å². The van der Waals surface area contributed by atoms with Crippen molar-refractivity contribution in [1.82, 2.24) is 0 Å². The van der Waals surface area contributed by atoms with E-state index in [1.54, 1.807) is 24.3 Å². The fourth-order valence-electron chi connectivity index (χ4n) is 1.69. The Labute approximate surface area is 124 Å². The number of halogens is 2. The van der Waals surface area contributed by atoms with Gasteiger partial charge in [-0.05, 0) is 51.8 Å². The number of rotatable bonds is 3. The van der Waals surface area contributed by atoms with Crippen molar-refractivity contribution in [3.8, 4) is 12.1 Å². The summed E-state index contributed by atoms with van der Waals surface area (Å²) >= 11 is 3.38. The lowest BCUT2D eigenvalue weighted by Crippen LogP contribution is -2.01. The summed E-state index contributed by atoms with van der Waals surface area (Å²) in [5.41, 5.74) is 2.23. The van der Waals surface area contributed by atoms with Crippen molar-refractivity contribution in [3.63, 3.8) is 0 Å². The van der Waals surface area contributed by atoms with E-state index < -0.39 is 5.82 Å². The SMILES string of the molecule is N#Cc1ccc(NCc2ccc(F)c(C#N)c2)c(Br)c1. The third-order valence-electron chi connectivity index (χ3n) is 2.73. The average molecular weight is 330 g/mol. The summed E-state index contributed by atoms with van der Waals surface area (Å²) in [7, 11) is 0. The highest BCUT2D eigenvalue weighted by Crippen LogP contribution is 2.24. The molecule has 3 nitrogen and oxygen atoms in total. The van der Waals surface area contributed by atoms with Gasteiger partial charge in [0.2, 0.25) is 0 Å². The van der Waals surface area contributed by atoms with Gasteiger partial charge in [0.15, 0.2) is 0 Å². The first-order valence-electron chi connectivity index (χ1n) is 5.76. The van der Waals surface area contributed by atoms with Crippen LogP contribution in [-0.4, -0.2) is 0 Å². The molecule has 0 aliphatic carbocycles. The van der Waals surface area contributed by atoms with Crippen LogP contribution in [0.1, 0.15) is 16.7 Å². The summed E-state index contributed by atoms with van der Waals surface area (Å²) in [5, 5.41) is 20.7. The molecule has 0 amide bonds. The van der Waals surface area contributed by atoms with E-state index in [-0.39, 0.29) is 5.56 Å². The van der Waals surface area contributed by atoms with E-state index in [9.17, 15) is 4.39 Å². The zero-order valence-corrected chi connectivity index (χ0v) is 11.9. The first-order chi connectivity index (χ1) is 9.63. The number of hydrogen-bond acceptors (Lipinski definition) is 3. The van der Waals surface area contributed by atoms with Crippen molar-refractivity contribution in [2.24, 2.45) is 0 Å². The quantitative estimate of drug-likeness (QED) is 0.927. The normalized spacial score (nSPS) is 9.60. The molecule has 2 rings (SSSR count). The number of nitriles is 2. The van der Waals surface area contributed by atoms with Gasteiger partial charge in [0.25, 0.3) is 0 Å². The van der Waals surface area contributed by atoms with Gasteiger partial charge < -0.3 is 5.32 Å². The number of benzene rings is 2. The molecule has 2 aromatic carbocycles. The minimum absolute atomic E-state index is 0.0307. The van der Waals surface area contributed by atoms with Gasteiger partial charge in [0, 0.05) is 16.7 Å². The molecule has 0 saturated carbocycles. The average Bonchev–Trinajstić information content (AvgIpc) is 2.47. The van der Waals surface area contributed by atoms with Crippen LogP contribution in [0.15, 0.2) is 40.9 Å². The van der Waals surface area contributed by atoms with Crippen LogP contribution in [0.5, 0.6) is 0 Å². The molecule has 0 spiro atoms. The zero-order valence-electron chi connectivity index (χ0n) is 10.3. The van der Waals surface area contributed by atoms with Gasteiger partial charge in [0.05, 0.1) is 17.2 Å². The molecule has 98 valence electrons. The fraction of sp³-hybridized carbons (Fsp3) is 0.0667. The largest absolute Gasteiger partial charge is 0.380 e. The molecule has 0 aliphatic heterocycles. The Morgan fingerprint density at radius 3 is 2.55 bits per heavy atom. The van der Waals surface area contributed by atoms with E-state index >= 15 is 0 Å². The second-order valence-corrected chi connectivity index (χ2v) is 4.94. The highest BCUT2D eigenvalue weighted by atomic mass is 79.9. The molecule has 1 N–H and O–H groups in total. The zero-order chi connectivity index (χ0) is 14.5. The summed E-state index contributed by atoms with van der Waals surface area (Å²) in [6, 6.07) is 13.5. The summed E-state index contributed by atoms with van der Waals surface area (Å²) < 4.78 is 14.0. The molecule has 0 atom stereocenters. The molecule has 0 heterocycles. The van der Waals surface area contributed by atoms with E-state index in [1.807, 2.05) is 6.07 Å². The topological polar surface area (TPSA) is 59.6 Å². The standard InChI is InChI=1S/C15H9BrFN3/c16-13-6-10(7-18)2-4-15(13)20-9-11-1-3-14(17)12(5-11)8-19/h1-6,20H,9H2. The van der Waals surface area contributed by atoms with Crippen molar-refractivity contribution < 1.29 is 4.39 Å². The van der Waals surface area contributed by atoms with E-state index in [4.69, 9.17) is 10.5 Å². The number of nitrogens with one attached hydrogen (secondary N) is 1. The van der Waals surface area contributed by atoms with E-state index in [1.165, 1.54) is 12.1 Å². The third kappa shape index (κ3) is 3.14. The van der Waals surface area contributed by atoms with Crippen molar-refractivity contribution in [2.45, 2.75) is 6.54 Å². The van der Waals surface area contributed by atoms with Gasteiger partial charge in [-0.3, -0.25) is 0 Å². The lowest BCUT2D eigenvalue weighted by atomic mass is 10.1. The maximum absolute atomic E-state index is 13.2. The molecular weight excluding hydrogens is 321 g/mol. The number of hydrogen-bond donors (Lipinski definition) is 1. The third-order valence-corrected chi connectivity index (χ3v) is 3.39. The summed E-state index contributed by atoms with van der Waals surface area (Å²) in [6.45, 7) is 0.458. The Morgan fingerprint density at radius 2 is 1.90 bits per heavy atom. The molecule has 0 saturated heterocycles. The van der Waals surface area contributed by atoms with Crippen LogP contribution in [0.4, 0.5) is 10.1 Å². The van der Waals surface area contributed by atoms with Gasteiger partial charge in [0.1, 0.15) is 11.9 Å². The molecule has 0 fully saturated rings.